The van der Waals surface area contributed by atoms with E-state index in [1.807, 2.05) is 13.8 Å². The largest absolute Gasteiger partial charge is 0.451 e. The summed E-state index contributed by atoms with van der Waals surface area (Å²) in [7, 11) is 0. The van der Waals surface area contributed by atoms with Crippen molar-refractivity contribution in [3.63, 3.8) is 0 Å². The lowest BCUT2D eigenvalue weighted by atomic mass is 10.1. The van der Waals surface area contributed by atoms with E-state index in [1.165, 1.54) is 18.2 Å². The lowest BCUT2D eigenvalue weighted by molar-refractivity contribution is 0.0257. The number of rotatable bonds is 8. The minimum absolute atomic E-state index is 0.0483. The highest BCUT2D eigenvalue weighted by Crippen LogP contribution is 2.24. The molecule has 1 amide bonds. The van der Waals surface area contributed by atoms with Crippen molar-refractivity contribution in [2.45, 2.75) is 20.0 Å². The second-order valence-electron chi connectivity index (χ2n) is 5.94. The van der Waals surface area contributed by atoms with Crippen molar-refractivity contribution in [1.82, 2.24) is 5.32 Å². The van der Waals surface area contributed by atoms with E-state index in [0.29, 0.717) is 18.1 Å². The van der Waals surface area contributed by atoms with Gasteiger partial charge in [0.1, 0.15) is 11.6 Å². The molecule has 2 N–H and O–H groups in total. The van der Waals surface area contributed by atoms with Crippen LogP contribution in [-0.2, 0) is 4.74 Å². The molecule has 1 atom stereocenters. The third-order valence-electron chi connectivity index (χ3n) is 3.23. The van der Waals surface area contributed by atoms with Crippen molar-refractivity contribution in [3.05, 3.63) is 48.0 Å². The molecule has 6 heteroatoms. The number of furan rings is 1. The molecule has 0 aliphatic heterocycles. The van der Waals surface area contributed by atoms with Crippen LogP contribution in [0.2, 0.25) is 0 Å². The maximum atomic E-state index is 13.7. The molecule has 2 rings (SSSR count). The maximum absolute atomic E-state index is 13.7. The third-order valence-corrected chi connectivity index (χ3v) is 3.23. The Labute approximate surface area is 140 Å². The second-order valence-corrected chi connectivity index (χ2v) is 5.94. The molecule has 0 saturated heterocycles. The van der Waals surface area contributed by atoms with E-state index < -0.39 is 17.8 Å². The minimum Gasteiger partial charge on any atom is -0.451 e. The van der Waals surface area contributed by atoms with E-state index in [1.54, 1.807) is 18.2 Å². The normalized spacial score (nSPS) is 12.4. The molecule has 0 bridgehead atoms. The Bertz CT molecular complexity index is 669. The molecule has 0 fully saturated rings. The zero-order valence-corrected chi connectivity index (χ0v) is 13.8. The molecule has 0 saturated carbocycles. The first-order valence-corrected chi connectivity index (χ1v) is 7.86. The lowest BCUT2D eigenvalue weighted by Gasteiger charge is -2.13. The Balaban J connectivity index is 1.86. The number of amides is 1. The Morgan fingerprint density at radius 3 is 2.71 bits per heavy atom. The van der Waals surface area contributed by atoms with Gasteiger partial charge in [0.05, 0.1) is 18.3 Å². The topological polar surface area (TPSA) is 71.7 Å². The molecular formula is C18H22FNO4. The fraction of sp³-hybridized carbons (Fsp3) is 0.389. The van der Waals surface area contributed by atoms with Crippen molar-refractivity contribution >= 4 is 5.91 Å². The highest BCUT2D eigenvalue weighted by Gasteiger charge is 2.15. The van der Waals surface area contributed by atoms with Gasteiger partial charge < -0.3 is 19.6 Å². The second kappa shape index (κ2) is 8.61. The summed E-state index contributed by atoms with van der Waals surface area (Å²) in [6.45, 7) is 4.77. The summed E-state index contributed by atoms with van der Waals surface area (Å²) in [6.07, 6.45) is -0.797. The van der Waals surface area contributed by atoms with Crippen LogP contribution in [0.5, 0.6) is 0 Å². The summed E-state index contributed by atoms with van der Waals surface area (Å²) in [5, 5.41) is 12.3. The smallest absolute Gasteiger partial charge is 0.287 e. The van der Waals surface area contributed by atoms with Crippen LogP contribution in [0.3, 0.4) is 0 Å². The van der Waals surface area contributed by atoms with Gasteiger partial charge in [0.25, 0.3) is 5.91 Å². The van der Waals surface area contributed by atoms with E-state index in [4.69, 9.17) is 9.15 Å². The number of benzene rings is 1. The van der Waals surface area contributed by atoms with Crippen molar-refractivity contribution in [1.29, 1.82) is 0 Å². The van der Waals surface area contributed by atoms with Crippen LogP contribution in [0, 0.1) is 11.7 Å². The van der Waals surface area contributed by atoms with Gasteiger partial charge in [-0.05, 0) is 30.2 Å². The van der Waals surface area contributed by atoms with Crippen molar-refractivity contribution in [2.24, 2.45) is 5.92 Å². The molecule has 0 spiro atoms. The summed E-state index contributed by atoms with van der Waals surface area (Å²) in [5.41, 5.74) is 0.290. The fourth-order valence-electron chi connectivity index (χ4n) is 2.06. The van der Waals surface area contributed by atoms with Crippen LogP contribution in [0.4, 0.5) is 4.39 Å². The van der Waals surface area contributed by atoms with Crippen LogP contribution in [0.1, 0.15) is 24.4 Å². The number of hydrogen-bond donors (Lipinski definition) is 2. The molecular weight excluding hydrogens is 313 g/mol. The monoisotopic (exact) mass is 335 g/mol. The highest BCUT2D eigenvalue weighted by atomic mass is 19.1. The van der Waals surface area contributed by atoms with Gasteiger partial charge in [0.15, 0.2) is 5.76 Å². The van der Waals surface area contributed by atoms with Gasteiger partial charge in [-0.2, -0.15) is 0 Å². The first-order chi connectivity index (χ1) is 11.5. The minimum atomic E-state index is -0.797. The highest BCUT2D eigenvalue weighted by molar-refractivity contribution is 5.92. The molecule has 2 aromatic rings. The zero-order valence-electron chi connectivity index (χ0n) is 13.8. The van der Waals surface area contributed by atoms with Crippen LogP contribution < -0.4 is 5.32 Å². The summed E-state index contributed by atoms with van der Waals surface area (Å²) in [5.74, 6) is -0.175. The number of ether oxygens (including phenoxy) is 1. The van der Waals surface area contributed by atoms with Gasteiger partial charge in [0, 0.05) is 13.2 Å². The molecule has 1 aromatic carbocycles. The van der Waals surface area contributed by atoms with E-state index in [9.17, 15) is 14.3 Å². The van der Waals surface area contributed by atoms with Crippen LogP contribution in [0.15, 0.2) is 40.8 Å². The molecule has 5 nitrogen and oxygen atoms in total. The third kappa shape index (κ3) is 5.18. The Morgan fingerprint density at radius 2 is 2.00 bits per heavy atom. The zero-order chi connectivity index (χ0) is 17.5. The lowest BCUT2D eigenvalue weighted by Crippen LogP contribution is -2.34. The molecule has 1 unspecified atom stereocenters. The van der Waals surface area contributed by atoms with E-state index in [2.05, 4.69) is 5.32 Å². The predicted octanol–water partition coefficient (Wildman–Crippen LogP) is 2.85. The number of halogens is 1. The number of hydrogen-bond acceptors (Lipinski definition) is 4. The first-order valence-electron chi connectivity index (χ1n) is 7.86. The van der Waals surface area contributed by atoms with Gasteiger partial charge >= 0.3 is 0 Å². The van der Waals surface area contributed by atoms with Crippen LogP contribution in [-0.4, -0.2) is 36.9 Å². The summed E-state index contributed by atoms with van der Waals surface area (Å²) in [6, 6.07) is 9.18. The number of carbonyl (C=O) groups is 1. The summed E-state index contributed by atoms with van der Waals surface area (Å²) < 4.78 is 24.4. The molecule has 24 heavy (non-hydrogen) atoms. The Morgan fingerprint density at radius 1 is 1.25 bits per heavy atom. The van der Waals surface area contributed by atoms with Gasteiger partial charge in [0.2, 0.25) is 0 Å². The van der Waals surface area contributed by atoms with Gasteiger partial charge in [-0.1, -0.05) is 26.0 Å². The summed E-state index contributed by atoms with van der Waals surface area (Å²) >= 11 is 0. The average molecular weight is 335 g/mol. The number of carbonyl (C=O) groups excluding carboxylic acids is 1. The van der Waals surface area contributed by atoms with E-state index >= 15 is 0 Å². The number of aliphatic hydroxyl groups excluding tert-OH is 1. The number of aliphatic hydroxyl groups is 1. The van der Waals surface area contributed by atoms with Crippen molar-refractivity contribution in [2.75, 3.05) is 19.8 Å². The quantitative estimate of drug-likeness (QED) is 0.778. The molecule has 130 valence electrons. The van der Waals surface area contributed by atoms with Crippen LogP contribution >= 0.6 is 0 Å². The molecule has 1 aromatic heterocycles. The van der Waals surface area contributed by atoms with Crippen molar-refractivity contribution < 1.29 is 23.4 Å². The van der Waals surface area contributed by atoms with E-state index in [-0.39, 0.29) is 24.7 Å². The maximum Gasteiger partial charge on any atom is 0.287 e. The number of nitrogens with one attached hydrogen (secondary N) is 1. The summed E-state index contributed by atoms with van der Waals surface area (Å²) in [4.78, 5) is 12.0. The SMILES string of the molecule is CC(C)COCC(O)CNC(=O)c1ccc(-c2ccccc2F)o1. The average Bonchev–Trinajstić information content (AvgIpc) is 3.02. The fourth-order valence-corrected chi connectivity index (χ4v) is 2.06. The molecule has 0 aliphatic carbocycles. The van der Waals surface area contributed by atoms with Gasteiger partial charge in [-0.15, -0.1) is 0 Å². The molecule has 0 aliphatic rings. The molecule has 1 heterocycles. The standard InChI is InChI=1S/C18H22FNO4/c1-12(2)10-23-11-13(21)9-20-18(22)17-8-7-16(24-17)14-5-3-4-6-15(14)19/h3-8,12-13,21H,9-11H2,1-2H3,(H,20,22). The first kappa shape index (κ1) is 18.2. The predicted molar refractivity (Wildman–Crippen MR) is 88.1 cm³/mol. The van der Waals surface area contributed by atoms with Gasteiger partial charge in [-0.25, -0.2) is 4.39 Å². The molecule has 0 radical (unpaired) electrons. The van der Waals surface area contributed by atoms with Crippen molar-refractivity contribution in [3.8, 4) is 11.3 Å². The van der Waals surface area contributed by atoms with E-state index in [0.717, 1.165) is 0 Å². The van der Waals surface area contributed by atoms with Crippen LogP contribution in [0.25, 0.3) is 11.3 Å². The Kier molecular flexibility index (Phi) is 6.52. The Hall–Kier alpha value is -2.18. The van der Waals surface area contributed by atoms with Gasteiger partial charge in [-0.3, -0.25) is 4.79 Å².